The van der Waals surface area contributed by atoms with E-state index >= 15 is 0 Å². The molecule has 1 saturated heterocycles. The van der Waals surface area contributed by atoms with Crippen molar-refractivity contribution in [1.29, 1.82) is 0 Å². The maximum atomic E-state index is 14.4. The minimum Gasteiger partial charge on any atom is -0.445 e. The van der Waals surface area contributed by atoms with E-state index in [-0.39, 0.29) is 51.0 Å². The Kier molecular flexibility index (Phi) is 13.1. The average molecular weight is 756 g/mol. The Hall–Kier alpha value is -4.23. The molecule has 0 bridgehead atoms. The monoisotopic (exact) mass is 755 g/mol. The molecule has 1 fully saturated rings. The number of pyridine rings is 1. The van der Waals surface area contributed by atoms with Crippen molar-refractivity contribution >= 4 is 56.3 Å². The van der Waals surface area contributed by atoms with E-state index in [1.165, 1.54) is 4.90 Å². The van der Waals surface area contributed by atoms with Crippen molar-refractivity contribution in [2.24, 2.45) is 0 Å². The van der Waals surface area contributed by atoms with E-state index in [0.29, 0.717) is 55.3 Å². The summed E-state index contributed by atoms with van der Waals surface area (Å²) in [6.07, 6.45) is 11.2. The molecule has 52 heavy (non-hydrogen) atoms. The Morgan fingerprint density at radius 1 is 1.17 bits per heavy atom. The number of fused-ring (bicyclic) bond motifs is 3. The molecule has 0 saturated carbocycles. The van der Waals surface area contributed by atoms with Gasteiger partial charge in [0.25, 0.3) is 0 Å². The lowest BCUT2D eigenvalue weighted by molar-refractivity contribution is -0.125. The van der Waals surface area contributed by atoms with Crippen molar-refractivity contribution in [3.05, 3.63) is 53.1 Å². The molecule has 3 amide bonds. The lowest BCUT2D eigenvalue weighted by Crippen LogP contribution is -2.50. The van der Waals surface area contributed by atoms with Crippen LogP contribution in [-0.4, -0.2) is 95.5 Å². The molecule has 5 rings (SSSR count). The molecule has 0 aliphatic carbocycles. The summed E-state index contributed by atoms with van der Waals surface area (Å²) in [5, 5.41) is 12.6. The number of aromatic nitrogens is 3. The summed E-state index contributed by atoms with van der Waals surface area (Å²) in [6, 6.07) is 7.38. The fourth-order valence-corrected chi connectivity index (χ4v) is 8.00. The van der Waals surface area contributed by atoms with Gasteiger partial charge in [0.15, 0.2) is 0 Å². The van der Waals surface area contributed by atoms with E-state index in [4.69, 9.17) is 27.7 Å². The number of carbonyl (C=O) groups excluding carboxylic acids is 3. The minimum atomic E-state index is -3.78. The number of aryl methyl sites for hydroxylation is 1. The summed E-state index contributed by atoms with van der Waals surface area (Å²) in [4.78, 5) is 51.9. The van der Waals surface area contributed by atoms with Crippen molar-refractivity contribution in [3.63, 3.8) is 0 Å². The minimum absolute atomic E-state index is 0.0826. The summed E-state index contributed by atoms with van der Waals surface area (Å²) in [6.45, 7) is 3.29. The number of unbranched alkanes of at least 4 members (excludes halogenated alkanes) is 3. The van der Waals surface area contributed by atoms with Gasteiger partial charge in [0.2, 0.25) is 21.8 Å². The summed E-state index contributed by atoms with van der Waals surface area (Å²) < 4.78 is 35.0. The van der Waals surface area contributed by atoms with Crippen molar-refractivity contribution in [3.8, 4) is 12.3 Å². The second-order valence-corrected chi connectivity index (χ2v) is 15.6. The Morgan fingerprint density at radius 3 is 2.71 bits per heavy atom. The quantitative estimate of drug-likeness (QED) is 0.138. The molecule has 3 aromatic rings. The van der Waals surface area contributed by atoms with Crippen molar-refractivity contribution in [2.45, 2.75) is 82.9 Å². The van der Waals surface area contributed by atoms with Gasteiger partial charge in [0.05, 0.1) is 40.6 Å². The van der Waals surface area contributed by atoms with Crippen LogP contribution < -0.4 is 14.9 Å². The van der Waals surface area contributed by atoms with E-state index < -0.39 is 33.4 Å². The third kappa shape index (κ3) is 9.22. The van der Waals surface area contributed by atoms with E-state index in [1.54, 1.807) is 36.4 Å². The molecule has 1 spiro atoms. The van der Waals surface area contributed by atoms with Crippen LogP contribution in [0.5, 0.6) is 0 Å². The maximum Gasteiger partial charge on any atom is 0.410 e. The number of nitrogens with one attached hydrogen (secondary N) is 2. The molecule has 0 unspecified atom stereocenters. The fourth-order valence-electron chi connectivity index (χ4n) is 6.75. The van der Waals surface area contributed by atoms with E-state index in [2.05, 4.69) is 25.5 Å². The largest absolute Gasteiger partial charge is 0.445 e. The number of hydrogen-bond donors (Lipinski definition) is 3. The third-order valence-electron chi connectivity index (χ3n) is 9.58. The van der Waals surface area contributed by atoms with Gasteiger partial charge in [-0.3, -0.25) is 14.6 Å². The highest BCUT2D eigenvalue weighted by molar-refractivity contribution is 7.89. The number of anilines is 1. The first-order chi connectivity index (χ1) is 25.0. The third-order valence-corrected chi connectivity index (χ3v) is 11.2. The first-order valence-electron chi connectivity index (χ1n) is 17.6. The number of nitrogens with zero attached hydrogens (tertiary/aromatic N) is 5. The molecular weight excluding hydrogens is 710 g/mol. The number of hydrogen-bond acceptors (Lipinski definition) is 9. The highest BCUT2D eigenvalue weighted by Crippen LogP contribution is 2.48. The SMILES string of the molecule is C#CCCCCNC(=O)CCS(=O)(=O)NC[C@@H](C)OC(=O)N1CCC2(CC1)C(=O)N(Cc1nc3cc(Cl)ccc3n1CCCCO)c1cnccc12. The molecule has 4 heterocycles. The number of amides is 3. The number of terminal acetylenes is 1. The number of aliphatic hydroxyl groups excluding tert-OH is 1. The Bertz CT molecular complexity index is 1900. The van der Waals surface area contributed by atoms with Crippen LogP contribution in [0.15, 0.2) is 36.7 Å². The molecule has 2 aromatic heterocycles. The van der Waals surface area contributed by atoms with Gasteiger partial charge < -0.3 is 29.5 Å². The Morgan fingerprint density at radius 2 is 1.96 bits per heavy atom. The molecule has 14 nitrogen and oxygen atoms in total. The molecule has 16 heteroatoms. The normalized spacial score (nSPS) is 15.8. The number of sulfonamides is 1. The van der Waals surface area contributed by atoms with Crippen LogP contribution in [-0.2, 0) is 42.9 Å². The number of likely N-dealkylation sites (tertiary alicyclic amines) is 1. The molecule has 280 valence electrons. The van der Waals surface area contributed by atoms with Crippen molar-refractivity contribution in [2.75, 3.05) is 43.4 Å². The van der Waals surface area contributed by atoms with Gasteiger partial charge in [-0.2, -0.15) is 0 Å². The number of imidazole rings is 1. The molecule has 1 atom stereocenters. The highest BCUT2D eigenvalue weighted by Gasteiger charge is 2.53. The molecule has 2 aliphatic rings. The first kappa shape index (κ1) is 39.0. The van der Waals surface area contributed by atoms with Gasteiger partial charge >= 0.3 is 6.09 Å². The van der Waals surface area contributed by atoms with Gasteiger partial charge in [-0.1, -0.05) is 11.6 Å². The number of rotatable bonds is 17. The fraction of sp³-hybridized carbons (Fsp3) is 0.528. The first-order valence-corrected chi connectivity index (χ1v) is 19.7. The Balaban J connectivity index is 1.17. The molecule has 2 aliphatic heterocycles. The smallest absolute Gasteiger partial charge is 0.410 e. The summed E-state index contributed by atoms with van der Waals surface area (Å²) >= 11 is 6.27. The van der Waals surface area contributed by atoms with Gasteiger partial charge in [-0.15, -0.1) is 12.3 Å². The second kappa shape index (κ2) is 17.5. The predicted molar refractivity (Wildman–Crippen MR) is 197 cm³/mol. The van der Waals surface area contributed by atoms with E-state index in [1.807, 2.05) is 12.1 Å². The standard InChI is InChI=1S/C36H46ClN7O7S/c1-3-4-5-6-15-39-33(46)12-21-52(49,50)40-23-26(2)51-35(48)42-18-13-36(14-19-42)28-11-16-38-24-31(28)44(34(36)47)25-32-41-29-22-27(37)9-10-30(29)43(32)17-7-8-20-45/h1,9-11,16,22,24,26,40,45H,4-8,12-15,17-21,23,25H2,2H3,(H,39,46)/t26-/m1/s1. The van der Waals surface area contributed by atoms with Gasteiger partial charge in [-0.25, -0.2) is 22.9 Å². The number of halogens is 1. The number of ether oxygens (including phenoxy) is 1. The number of aliphatic hydroxyl groups is 1. The topological polar surface area (TPSA) is 176 Å². The van der Waals surface area contributed by atoms with Crippen molar-refractivity contribution < 1.29 is 32.6 Å². The average Bonchev–Trinajstić information content (AvgIpc) is 3.57. The zero-order valence-corrected chi connectivity index (χ0v) is 30.9. The Labute approximate surface area is 309 Å². The lowest BCUT2D eigenvalue weighted by atomic mass is 9.74. The van der Waals surface area contributed by atoms with Crippen LogP contribution in [0.4, 0.5) is 10.5 Å². The van der Waals surface area contributed by atoms with Crippen LogP contribution in [0.1, 0.15) is 69.7 Å². The van der Waals surface area contributed by atoms with Crippen LogP contribution >= 0.6 is 11.6 Å². The lowest BCUT2D eigenvalue weighted by Gasteiger charge is -2.38. The summed E-state index contributed by atoms with van der Waals surface area (Å²) in [5.41, 5.74) is 2.31. The van der Waals surface area contributed by atoms with Gasteiger partial charge in [-0.05, 0) is 75.3 Å². The molecule has 0 radical (unpaired) electrons. The zero-order valence-electron chi connectivity index (χ0n) is 29.4. The van der Waals surface area contributed by atoms with Crippen LogP contribution in [0.3, 0.4) is 0 Å². The molecular formula is C36H46ClN7O7S. The van der Waals surface area contributed by atoms with Gasteiger partial charge in [0.1, 0.15) is 11.9 Å². The predicted octanol–water partition coefficient (Wildman–Crippen LogP) is 3.49. The van der Waals surface area contributed by atoms with Gasteiger partial charge in [0, 0.05) is 63.4 Å². The van der Waals surface area contributed by atoms with E-state index in [0.717, 1.165) is 35.9 Å². The summed E-state index contributed by atoms with van der Waals surface area (Å²) in [7, 11) is -3.78. The second-order valence-electron chi connectivity index (χ2n) is 13.2. The molecule has 3 N–H and O–H groups in total. The van der Waals surface area contributed by atoms with Crippen molar-refractivity contribution in [1.82, 2.24) is 29.5 Å². The van der Waals surface area contributed by atoms with Crippen LogP contribution in [0.25, 0.3) is 11.0 Å². The maximum absolute atomic E-state index is 14.4. The highest BCUT2D eigenvalue weighted by atomic mass is 35.5. The van der Waals surface area contributed by atoms with Crippen LogP contribution in [0, 0.1) is 12.3 Å². The van der Waals surface area contributed by atoms with E-state index in [9.17, 15) is 27.9 Å². The number of piperidine rings is 1. The number of benzene rings is 1. The summed E-state index contributed by atoms with van der Waals surface area (Å²) in [5.74, 6) is 2.38. The zero-order chi connectivity index (χ0) is 37.3. The number of carbonyl (C=O) groups is 3. The molecule has 1 aromatic carbocycles. The van der Waals surface area contributed by atoms with Crippen LogP contribution in [0.2, 0.25) is 5.02 Å².